The van der Waals surface area contributed by atoms with E-state index in [9.17, 15) is 22.0 Å². The highest BCUT2D eigenvalue weighted by Gasteiger charge is 2.23. The van der Waals surface area contributed by atoms with Crippen LogP contribution in [0, 0.1) is 23.3 Å². The molecule has 0 radical (unpaired) electrons. The summed E-state index contributed by atoms with van der Waals surface area (Å²) in [6, 6.07) is 0. The van der Waals surface area contributed by atoms with E-state index in [0.29, 0.717) is 0 Å². The van der Waals surface area contributed by atoms with Crippen LogP contribution in [0.5, 0.6) is 0 Å². The molecule has 0 saturated heterocycles. The molecule has 5 heteroatoms. The van der Waals surface area contributed by atoms with Gasteiger partial charge in [-0.3, -0.25) is 0 Å². The lowest BCUT2D eigenvalue weighted by Gasteiger charge is -2.07. The Labute approximate surface area is 77.4 Å². The van der Waals surface area contributed by atoms with Crippen LogP contribution in [0.2, 0.25) is 0 Å². The van der Waals surface area contributed by atoms with Gasteiger partial charge in [0.25, 0.3) is 0 Å². The summed E-state index contributed by atoms with van der Waals surface area (Å²) >= 11 is 0. The molecule has 0 atom stereocenters. The van der Waals surface area contributed by atoms with Crippen LogP contribution in [0.1, 0.15) is 18.1 Å². The molecule has 14 heavy (non-hydrogen) atoms. The van der Waals surface area contributed by atoms with Crippen molar-refractivity contribution in [3.8, 4) is 0 Å². The summed E-state index contributed by atoms with van der Waals surface area (Å²) in [5.74, 6) is -6.33. The molecule has 0 saturated carbocycles. The van der Waals surface area contributed by atoms with Crippen molar-refractivity contribution in [3.63, 3.8) is 0 Å². The topological polar surface area (TPSA) is 0 Å². The van der Waals surface area contributed by atoms with Gasteiger partial charge in [-0.05, 0) is 6.42 Å². The zero-order valence-electron chi connectivity index (χ0n) is 7.30. The Morgan fingerprint density at radius 2 is 1.14 bits per heavy atom. The lowest BCUT2D eigenvalue weighted by atomic mass is 10.1. The summed E-state index contributed by atoms with van der Waals surface area (Å²) in [7, 11) is 0. The number of halogens is 5. The first-order chi connectivity index (χ1) is 6.54. The van der Waals surface area contributed by atoms with E-state index in [0.717, 1.165) is 0 Å². The number of benzene rings is 1. The van der Waals surface area contributed by atoms with E-state index in [1.165, 1.54) is 6.92 Å². The molecular formula is C9H7F5. The lowest BCUT2D eigenvalue weighted by Crippen LogP contribution is -2.07. The highest BCUT2D eigenvalue weighted by molar-refractivity contribution is 5.29. The molecule has 0 heterocycles. The van der Waals surface area contributed by atoms with Gasteiger partial charge in [-0.2, -0.15) is 0 Å². The average molecular weight is 210 g/mol. The molecule has 1 aromatic rings. The second-order valence-electron chi connectivity index (χ2n) is 2.70. The van der Waals surface area contributed by atoms with Crippen molar-refractivity contribution >= 4 is 0 Å². The largest absolute Gasteiger partial charge is 0.246 e. The third kappa shape index (κ3) is 1.47. The Bertz CT molecular complexity index is 295. The fourth-order valence-corrected chi connectivity index (χ4v) is 1.15. The van der Waals surface area contributed by atoms with E-state index in [1.54, 1.807) is 0 Å². The van der Waals surface area contributed by atoms with Crippen molar-refractivity contribution in [1.82, 2.24) is 0 Å². The van der Waals surface area contributed by atoms with Crippen molar-refractivity contribution in [1.29, 1.82) is 0 Å². The summed E-state index contributed by atoms with van der Waals surface area (Å²) in [6.45, 7) is -0.231. The number of hydrogen-bond acceptors (Lipinski definition) is 0. The Hall–Kier alpha value is -1.13. The summed E-state index contributed by atoms with van der Waals surface area (Å²) in [5.41, 5.74) is -1.89. The minimum absolute atomic E-state index is 0.196. The third-order valence-electron chi connectivity index (χ3n) is 1.93. The molecule has 0 aliphatic rings. The SMILES string of the molecule is CCc1c(F)c(F)c(CF)c(F)c1F. The maximum atomic E-state index is 12.9. The van der Waals surface area contributed by atoms with E-state index in [4.69, 9.17) is 0 Å². The predicted octanol–water partition coefficient (Wildman–Crippen LogP) is 3.27. The zero-order valence-corrected chi connectivity index (χ0v) is 7.30. The van der Waals surface area contributed by atoms with Crippen molar-refractivity contribution in [3.05, 3.63) is 34.4 Å². The van der Waals surface area contributed by atoms with Gasteiger partial charge < -0.3 is 0 Å². The van der Waals surface area contributed by atoms with Gasteiger partial charge in [-0.1, -0.05) is 6.92 Å². The Balaban J connectivity index is 3.55. The first-order valence-electron chi connectivity index (χ1n) is 3.94. The lowest BCUT2D eigenvalue weighted by molar-refractivity contribution is 0.389. The number of hydrogen-bond donors (Lipinski definition) is 0. The maximum Gasteiger partial charge on any atom is 0.168 e. The maximum absolute atomic E-state index is 12.9. The van der Waals surface area contributed by atoms with Crippen LogP contribution in [-0.2, 0) is 13.1 Å². The first kappa shape index (κ1) is 10.9. The quantitative estimate of drug-likeness (QED) is 0.519. The van der Waals surface area contributed by atoms with E-state index < -0.39 is 41.1 Å². The molecule has 0 aromatic heterocycles. The molecule has 0 bridgehead atoms. The van der Waals surface area contributed by atoms with Gasteiger partial charge >= 0.3 is 0 Å². The van der Waals surface area contributed by atoms with Gasteiger partial charge in [0.15, 0.2) is 23.3 Å². The van der Waals surface area contributed by atoms with E-state index >= 15 is 0 Å². The van der Waals surface area contributed by atoms with Gasteiger partial charge in [0.05, 0.1) is 5.56 Å². The summed E-state index contributed by atoms with van der Waals surface area (Å²) in [5, 5.41) is 0. The molecule has 0 aliphatic carbocycles. The Morgan fingerprint density at radius 1 is 0.786 bits per heavy atom. The molecule has 1 aromatic carbocycles. The van der Waals surface area contributed by atoms with Crippen LogP contribution in [0.15, 0.2) is 0 Å². The molecule has 0 unspecified atom stereocenters. The van der Waals surface area contributed by atoms with Crippen LogP contribution in [0.3, 0.4) is 0 Å². The smallest absolute Gasteiger partial charge is 0.168 e. The van der Waals surface area contributed by atoms with E-state index in [2.05, 4.69) is 0 Å². The van der Waals surface area contributed by atoms with Crippen LogP contribution in [0.4, 0.5) is 22.0 Å². The molecule has 78 valence electrons. The minimum atomic E-state index is -1.65. The fraction of sp³-hybridized carbons (Fsp3) is 0.333. The second kappa shape index (κ2) is 3.94. The summed E-state index contributed by atoms with van der Waals surface area (Å²) in [4.78, 5) is 0. The number of alkyl halides is 1. The van der Waals surface area contributed by atoms with Crippen molar-refractivity contribution in [2.45, 2.75) is 20.0 Å². The van der Waals surface area contributed by atoms with Gasteiger partial charge in [0.1, 0.15) is 6.67 Å². The summed E-state index contributed by atoms with van der Waals surface area (Å²) in [6.07, 6.45) is -0.196. The van der Waals surface area contributed by atoms with E-state index in [1.807, 2.05) is 0 Å². The minimum Gasteiger partial charge on any atom is -0.246 e. The second-order valence-corrected chi connectivity index (χ2v) is 2.70. The summed E-state index contributed by atoms with van der Waals surface area (Å²) < 4.78 is 63.7. The van der Waals surface area contributed by atoms with Crippen molar-refractivity contribution in [2.24, 2.45) is 0 Å². The molecule has 0 N–H and O–H groups in total. The van der Waals surface area contributed by atoms with Crippen molar-refractivity contribution < 1.29 is 22.0 Å². The van der Waals surface area contributed by atoms with Crippen LogP contribution < -0.4 is 0 Å². The van der Waals surface area contributed by atoms with Gasteiger partial charge in [0, 0.05) is 5.56 Å². The fourth-order valence-electron chi connectivity index (χ4n) is 1.15. The van der Waals surface area contributed by atoms with Crippen LogP contribution in [0.25, 0.3) is 0 Å². The Morgan fingerprint density at radius 3 is 1.43 bits per heavy atom. The molecular weight excluding hydrogens is 203 g/mol. The molecule has 0 nitrogen and oxygen atoms in total. The van der Waals surface area contributed by atoms with Gasteiger partial charge in [-0.25, -0.2) is 22.0 Å². The molecule has 0 spiro atoms. The van der Waals surface area contributed by atoms with Crippen LogP contribution >= 0.6 is 0 Å². The highest BCUT2D eigenvalue weighted by atomic mass is 19.2. The standard InChI is InChI=1S/C9H7F5/c1-2-4-6(11)8(13)5(3-10)9(14)7(4)12/h2-3H2,1H3. The van der Waals surface area contributed by atoms with E-state index in [-0.39, 0.29) is 6.42 Å². The molecule has 1 rings (SSSR count). The normalized spacial score (nSPS) is 10.7. The van der Waals surface area contributed by atoms with Gasteiger partial charge in [0.2, 0.25) is 0 Å². The zero-order chi connectivity index (χ0) is 10.9. The monoisotopic (exact) mass is 210 g/mol. The predicted molar refractivity (Wildman–Crippen MR) is 40.5 cm³/mol. The average Bonchev–Trinajstić information content (AvgIpc) is 2.17. The van der Waals surface area contributed by atoms with Gasteiger partial charge in [-0.15, -0.1) is 0 Å². The van der Waals surface area contributed by atoms with Crippen LogP contribution in [-0.4, -0.2) is 0 Å². The highest BCUT2D eigenvalue weighted by Crippen LogP contribution is 2.24. The molecule has 0 amide bonds. The first-order valence-corrected chi connectivity index (χ1v) is 3.94. The molecule has 0 fully saturated rings. The Kier molecular flexibility index (Phi) is 3.08. The number of rotatable bonds is 2. The van der Waals surface area contributed by atoms with Crippen molar-refractivity contribution in [2.75, 3.05) is 0 Å². The molecule has 0 aliphatic heterocycles. The third-order valence-corrected chi connectivity index (χ3v) is 1.93.